The number of hydrogen-bond donors (Lipinski definition) is 1. The average Bonchev–Trinajstić information content (AvgIpc) is 2.39. The van der Waals surface area contributed by atoms with E-state index in [1.807, 2.05) is 6.92 Å². The monoisotopic (exact) mass is 292 g/mol. The molecule has 0 bridgehead atoms. The fourth-order valence-corrected chi connectivity index (χ4v) is 4.05. The van der Waals surface area contributed by atoms with Gasteiger partial charge in [-0.3, -0.25) is 0 Å². The highest BCUT2D eigenvalue weighted by atomic mass is 32.2. The molecule has 0 radical (unpaired) electrons. The van der Waals surface area contributed by atoms with Crippen LogP contribution in [0.1, 0.15) is 39.5 Å². The standard InChI is InChI=1S/C13H28N2O3S/c1-4-10-19(16,17)15-8-6-13(7-9-15)14-12(5-2)11-18-3/h12-14H,4-11H2,1-3H3. The highest BCUT2D eigenvalue weighted by molar-refractivity contribution is 7.89. The van der Waals surface area contributed by atoms with E-state index in [4.69, 9.17) is 4.74 Å². The molecule has 0 aromatic rings. The van der Waals surface area contributed by atoms with Crippen LogP contribution in [-0.2, 0) is 14.8 Å². The van der Waals surface area contributed by atoms with Crippen LogP contribution in [-0.4, -0.2) is 57.4 Å². The third-order valence-electron chi connectivity index (χ3n) is 3.64. The van der Waals surface area contributed by atoms with Gasteiger partial charge in [-0.05, 0) is 25.7 Å². The predicted molar refractivity (Wildman–Crippen MR) is 77.8 cm³/mol. The Bertz CT molecular complexity index is 338. The first-order valence-electron chi connectivity index (χ1n) is 7.26. The van der Waals surface area contributed by atoms with Gasteiger partial charge in [-0.1, -0.05) is 13.8 Å². The van der Waals surface area contributed by atoms with Crippen molar-refractivity contribution in [2.45, 2.75) is 51.6 Å². The number of hydrogen-bond acceptors (Lipinski definition) is 4. The molecular weight excluding hydrogens is 264 g/mol. The SMILES string of the molecule is CCCS(=O)(=O)N1CCC(NC(CC)COC)CC1. The van der Waals surface area contributed by atoms with Gasteiger partial charge >= 0.3 is 0 Å². The average molecular weight is 292 g/mol. The van der Waals surface area contributed by atoms with Gasteiger partial charge in [-0.15, -0.1) is 0 Å². The van der Waals surface area contributed by atoms with Crippen molar-refractivity contribution in [2.24, 2.45) is 0 Å². The first-order chi connectivity index (χ1) is 9.03. The molecule has 1 rings (SSSR count). The lowest BCUT2D eigenvalue weighted by molar-refractivity contribution is 0.150. The highest BCUT2D eigenvalue weighted by Gasteiger charge is 2.27. The van der Waals surface area contributed by atoms with Crippen LogP contribution in [0.4, 0.5) is 0 Å². The molecule has 0 aromatic carbocycles. The first-order valence-corrected chi connectivity index (χ1v) is 8.87. The topological polar surface area (TPSA) is 58.6 Å². The maximum Gasteiger partial charge on any atom is 0.214 e. The minimum Gasteiger partial charge on any atom is -0.383 e. The first kappa shape index (κ1) is 16.9. The Balaban J connectivity index is 2.40. The van der Waals surface area contributed by atoms with Crippen LogP contribution in [0.15, 0.2) is 0 Å². The maximum atomic E-state index is 12.0. The van der Waals surface area contributed by atoms with Gasteiger partial charge in [0.2, 0.25) is 10.0 Å². The lowest BCUT2D eigenvalue weighted by Gasteiger charge is -2.33. The summed E-state index contributed by atoms with van der Waals surface area (Å²) in [5.74, 6) is 0.270. The van der Waals surface area contributed by atoms with Gasteiger partial charge in [0.1, 0.15) is 0 Å². The quantitative estimate of drug-likeness (QED) is 0.730. The van der Waals surface area contributed by atoms with E-state index in [1.165, 1.54) is 0 Å². The summed E-state index contributed by atoms with van der Waals surface area (Å²) >= 11 is 0. The number of sulfonamides is 1. The fraction of sp³-hybridized carbons (Fsp3) is 1.00. The van der Waals surface area contributed by atoms with Gasteiger partial charge < -0.3 is 10.1 Å². The molecule has 1 fully saturated rings. The largest absolute Gasteiger partial charge is 0.383 e. The molecule has 0 aromatic heterocycles. The van der Waals surface area contributed by atoms with Gasteiger partial charge in [-0.25, -0.2) is 12.7 Å². The molecule has 5 nitrogen and oxygen atoms in total. The van der Waals surface area contributed by atoms with E-state index in [0.29, 0.717) is 38.2 Å². The Hall–Kier alpha value is -0.170. The highest BCUT2D eigenvalue weighted by Crippen LogP contribution is 2.16. The van der Waals surface area contributed by atoms with E-state index in [-0.39, 0.29) is 5.75 Å². The molecule has 1 N–H and O–H groups in total. The number of piperidine rings is 1. The Morgan fingerprint density at radius 2 is 1.95 bits per heavy atom. The molecule has 1 heterocycles. The second kappa shape index (κ2) is 8.19. The Labute approximate surface area is 117 Å². The van der Waals surface area contributed by atoms with Crippen LogP contribution in [0.25, 0.3) is 0 Å². The summed E-state index contributed by atoms with van der Waals surface area (Å²) in [4.78, 5) is 0. The number of methoxy groups -OCH3 is 1. The Kier molecular flexibility index (Phi) is 7.28. The molecule has 1 atom stereocenters. The Morgan fingerprint density at radius 1 is 1.32 bits per heavy atom. The molecule has 0 spiro atoms. The zero-order valence-electron chi connectivity index (χ0n) is 12.4. The number of rotatable bonds is 8. The number of nitrogens with zero attached hydrogens (tertiary/aromatic N) is 1. The Morgan fingerprint density at radius 3 is 2.42 bits per heavy atom. The van der Waals surface area contributed by atoms with Crippen LogP contribution < -0.4 is 5.32 Å². The lowest BCUT2D eigenvalue weighted by Crippen LogP contribution is -2.49. The van der Waals surface area contributed by atoms with Crippen LogP contribution >= 0.6 is 0 Å². The second-order valence-corrected chi connectivity index (χ2v) is 7.30. The lowest BCUT2D eigenvalue weighted by atomic mass is 10.0. The fourth-order valence-electron chi connectivity index (χ4n) is 2.51. The van der Waals surface area contributed by atoms with Gasteiger partial charge in [0, 0.05) is 32.3 Å². The molecular formula is C13H28N2O3S. The summed E-state index contributed by atoms with van der Waals surface area (Å²) in [6.07, 6.45) is 3.50. The van der Waals surface area contributed by atoms with E-state index >= 15 is 0 Å². The summed E-state index contributed by atoms with van der Waals surface area (Å²) in [6.45, 7) is 6.04. The normalized spacial score (nSPS) is 20.6. The van der Waals surface area contributed by atoms with Gasteiger partial charge in [0.25, 0.3) is 0 Å². The molecule has 0 aliphatic carbocycles. The zero-order valence-corrected chi connectivity index (χ0v) is 13.2. The van der Waals surface area contributed by atoms with Gasteiger partial charge in [-0.2, -0.15) is 0 Å². The van der Waals surface area contributed by atoms with Crippen LogP contribution in [0, 0.1) is 0 Å². The van der Waals surface area contributed by atoms with E-state index in [9.17, 15) is 8.42 Å². The number of nitrogens with one attached hydrogen (secondary N) is 1. The van der Waals surface area contributed by atoms with Crippen molar-refractivity contribution < 1.29 is 13.2 Å². The summed E-state index contributed by atoms with van der Waals surface area (Å²) in [5.41, 5.74) is 0. The molecule has 114 valence electrons. The summed E-state index contributed by atoms with van der Waals surface area (Å²) < 4.78 is 30.7. The van der Waals surface area contributed by atoms with E-state index in [2.05, 4.69) is 12.2 Å². The van der Waals surface area contributed by atoms with Crippen molar-refractivity contribution in [3.63, 3.8) is 0 Å². The third kappa shape index (κ3) is 5.38. The van der Waals surface area contributed by atoms with E-state index in [0.717, 1.165) is 19.3 Å². The number of ether oxygens (including phenoxy) is 1. The molecule has 0 saturated carbocycles. The minimum atomic E-state index is -3.02. The molecule has 1 aliphatic heterocycles. The second-order valence-electron chi connectivity index (χ2n) is 5.22. The van der Waals surface area contributed by atoms with Gasteiger partial charge in [0.05, 0.1) is 12.4 Å². The van der Waals surface area contributed by atoms with Crippen molar-refractivity contribution in [3.8, 4) is 0 Å². The molecule has 19 heavy (non-hydrogen) atoms. The van der Waals surface area contributed by atoms with E-state index < -0.39 is 10.0 Å². The van der Waals surface area contributed by atoms with Gasteiger partial charge in [0.15, 0.2) is 0 Å². The minimum absolute atomic E-state index is 0.270. The molecule has 0 amide bonds. The van der Waals surface area contributed by atoms with Crippen molar-refractivity contribution >= 4 is 10.0 Å². The summed E-state index contributed by atoms with van der Waals surface area (Å²) in [6, 6.07) is 0.780. The predicted octanol–water partition coefficient (Wildman–Crippen LogP) is 1.21. The van der Waals surface area contributed by atoms with Crippen LogP contribution in [0.2, 0.25) is 0 Å². The molecule has 1 aliphatic rings. The van der Waals surface area contributed by atoms with Crippen LogP contribution in [0.5, 0.6) is 0 Å². The molecule has 1 saturated heterocycles. The van der Waals surface area contributed by atoms with Crippen LogP contribution in [0.3, 0.4) is 0 Å². The third-order valence-corrected chi connectivity index (χ3v) is 5.72. The molecule has 1 unspecified atom stereocenters. The van der Waals surface area contributed by atoms with Crippen molar-refractivity contribution in [2.75, 3.05) is 32.6 Å². The van der Waals surface area contributed by atoms with Crippen molar-refractivity contribution in [1.29, 1.82) is 0 Å². The van der Waals surface area contributed by atoms with Crippen molar-refractivity contribution in [1.82, 2.24) is 9.62 Å². The van der Waals surface area contributed by atoms with E-state index in [1.54, 1.807) is 11.4 Å². The zero-order chi connectivity index (χ0) is 14.3. The maximum absolute atomic E-state index is 12.0. The van der Waals surface area contributed by atoms with Crippen molar-refractivity contribution in [3.05, 3.63) is 0 Å². The summed E-state index contributed by atoms with van der Waals surface area (Å²) in [5, 5.41) is 3.56. The summed E-state index contributed by atoms with van der Waals surface area (Å²) in [7, 11) is -1.31. The molecule has 6 heteroatoms. The smallest absolute Gasteiger partial charge is 0.214 e.